The normalized spacial score (nSPS) is 10.3. The van der Waals surface area contributed by atoms with Gasteiger partial charge in [-0.15, -0.1) is 0 Å². The highest BCUT2D eigenvalue weighted by Crippen LogP contribution is 2.27. The van der Waals surface area contributed by atoms with Crippen molar-refractivity contribution in [2.45, 2.75) is 6.42 Å². The Morgan fingerprint density at radius 3 is 2.78 bits per heavy atom. The molecule has 1 N–H and O–H groups in total. The van der Waals surface area contributed by atoms with Crippen molar-refractivity contribution >= 4 is 22.7 Å². The van der Waals surface area contributed by atoms with Crippen LogP contribution in [-0.2, 0) is 4.79 Å². The molecule has 2 aromatic carbocycles. The number of benzene rings is 2. The number of ether oxygens (including phenoxy) is 1. The van der Waals surface area contributed by atoms with E-state index in [9.17, 15) is 4.79 Å². The van der Waals surface area contributed by atoms with Crippen LogP contribution in [0.3, 0.4) is 0 Å². The van der Waals surface area contributed by atoms with E-state index < -0.39 is 0 Å². The number of nitrogens with zero attached hydrogens (tertiary/aromatic N) is 2. The van der Waals surface area contributed by atoms with Gasteiger partial charge in [-0.25, -0.2) is 4.98 Å². The first-order valence-electron chi connectivity index (χ1n) is 6.91. The van der Waals surface area contributed by atoms with Crippen molar-refractivity contribution in [1.29, 1.82) is 5.26 Å². The van der Waals surface area contributed by atoms with Gasteiger partial charge in [0.1, 0.15) is 17.7 Å². The van der Waals surface area contributed by atoms with Gasteiger partial charge < -0.3 is 14.5 Å². The van der Waals surface area contributed by atoms with Gasteiger partial charge in [-0.1, -0.05) is 0 Å². The number of amides is 1. The minimum absolute atomic E-state index is 0.187. The molecule has 0 aliphatic rings. The van der Waals surface area contributed by atoms with Crippen LogP contribution in [0.5, 0.6) is 5.75 Å². The summed E-state index contributed by atoms with van der Waals surface area (Å²) in [5.41, 5.74) is 2.66. The summed E-state index contributed by atoms with van der Waals surface area (Å²) in [5.74, 6) is 0.890. The molecule has 3 rings (SSSR count). The number of fused-ring (bicyclic) bond motifs is 1. The second kappa shape index (κ2) is 6.20. The van der Waals surface area contributed by atoms with Crippen molar-refractivity contribution in [1.82, 2.24) is 4.98 Å². The maximum Gasteiger partial charge on any atom is 0.238 e. The van der Waals surface area contributed by atoms with E-state index in [0.717, 1.165) is 11.3 Å². The van der Waals surface area contributed by atoms with Gasteiger partial charge >= 0.3 is 0 Å². The van der Waals surface area contributed by atoms with E-state index in [0.29, 0.717) is 22.7 Å². The second-order valence-corrected chi connectivity index (χ2v) is 4.81. The minimum atomic E-state index is -0.356. The van der Waals surface area contributed by atoms with Crippen LogP contribution in [0, 0.1) is 11.3 Å². The first-order valence-corrected chi connectivity index (χ1v) is 6.91. The lowest BCUT2D eigenvalue weighted by atomic mass is 10.2. The van der Waals surface area contributed by atoms with Crippen LogP contribution < -0.4 is 10.1 Å². The van der Waals surface area contributed by atoms with Crippen LogP contribution >= 0.6 is 0 Å². The molecule has 3 aromatic rings. The van der Waals surface area contributed by atoms with E-state index in [1.807, 2.05) is 24.3 Å². The van der Waals surface area contributed by atoms with Gasteiger partial charge in [0.2, 0.25) is 11.8 Å². The van der Waals surface area contributed by atoms with Crippen LogP contribution in [0.25, 0.3) is 22.6 Å². The monoisotopic (exact) mass is 307 g/mol. The third-order valence-electron chi connectivity index (χ3n) is 3.25. The fourth-order valence-corrected chi connectivity index (χ4v) is 2.14. The van der Waals surface area contributed by atoms with Gasteiger partial charge in [-0.05, 0) is 42.5 Å². The maximum absolute atomic E-state index is 11.4. The topological polar surface area (TPSA) is 88.1 Å². The molecule has 0 saturated carbocycles. The summed E-state index contributed by atoms with van der Waals surface area (Å²) < 4.78 is 10.8. The van der Waals surface area contributed by atoms with Gasteiger partial charge in [0.15, 0.2) is 5.58 Å². The molecule has 1 heterocycles. The molecule has 1 amide bonds. The summed E-state index contributed by atoms with van der Waals surface area (Å²) in [6.07, 6.45) is -0.187. The molecule has 0 atom stereocenters. The summed E-state index contributed by atoms with van der Waals surface area (Å²) >= 11 is 0. The highest BCUT2D eigenvalue weighted by Gasteiger charge is 2.10. The number of oxazole rings is 1. The van der Waals surface area contributed by atoms with E-state index in [1.54, 1.807) is 31.4 Å². The zero-order valence-corrected chi connectivity index (χ0v) is 12.4. The molecule has 0 unspecified atom stereocenters. The Balaban J connectivity index is 1.89. The molecule has 23 heavy (non-hydrogen) atoms. The molecule has 0 fully saturated rings. The Bertz CT molecular complexity index is 892. The average molecular weight is 307 g/mol. The Kier molecular flexibility index (Phi) is 3.93. The summed E-state index contributed by atoms with van der Waals surface area (Å²) in [7, 11) is 1.61. The lowest BCUT2D eigenvalue weighted by Crippen LogP contribution is -2.09. The van der Waals surface area contributed by atoms with Crippen LogP contribution in [0.2, 0.25) is 0 Å². The predicted molar refractivity (Wildman–Crippen MR) is 84.9 cm³/mol. The molecular weight excluding hydrogens is 294 g/mol. The van der Waals surface area contributed by atoms with Gasteiger partial charge in [0.05, 0.1) is 13.2 Å². The first-order chi connectivity index (χ1) is 11.2. The number of nitrogens with one attached hydrogen (secondary N) is 1. The fourth-order valence-electron chi connectivity index (χ4n) is 2.14. The van der Waals surface area contributed by atoms with Gasteiger partial charge in [0.25, 0.3) is 0 Å². The maximum atomic E-state index is 11.4. The predicted octanol–water partition coefficient (Wildman–Crippen LogP) is 3.36. The molecule has 6 heteroatoms. The zero-order valence-electron chi connectivity index (χ0n) is 12.4. The van der Waals surface area contributed by atoms with Crippen molar-refractivity contribution in [3.63, 3.8) is 0 Å². The molecule has 0 aliphatic carbocycles. The van der Waals surface area contributed by atoms with Crippen molar-refractivity contribution < 1.29 is 13.9 Å². The molecule has 0 bridgehead atoms. The number of carbonyl (C=O) groups is 1. The van der Waals surface area contributed by atoms with Crippen LogP contribution in [0.1, 0.15) is 6.42 Å². The van der Waals surface area contributed by atoms with Crippen molar-refractivity contribution in [2.24, 2.45) is 0 Å². The molecule has 6 nitrogen and oxygen atoms in total. The van der Waals surface area contributed by atoms with Crippen LogP contribution in [0.15, 0.2) is 46.9 Å². The molecule has 0 aliphatic heterocycles. The number of hydrogen-bond donors (Lipinski definition) is 1. The molecule has 0 saturated heterocycles. The Morgan fingerprint density at radius 2 is 2.09 bits per heavy atom. The Morgan fingerprint density at radius 1 is 1.30 bits per heavy atom. The third-order valence-corrected chi connectivity index (χ3v) is 3.25. The Hall–Kier alpha value is -3.33. The first kappa shape index (κ1) is 14.6. The SMILES string of the molecule is COc1ccc(-c2nc3cc(NC(=O)CC#N)ccc3o2)cc1. The second-order valence-electron chi connectivity index (χ2n) is 4.81. The lowest BCUT2D eigenvalue weighted by Gasteiger charge is -2.00. The number of anilines is 1. The van der Waals surface area contributed by atoms with Crippen molar-refractivity contribution in [2.75, 3.05) is 12.4 Å². The van der Waals surface area contributed by atoms with E-state index >= 15 is 0 Å². The van der Waals surface area contributed by atoms with Crippen LogP contribution in [-0.4, -0.2) is 18.0 Å². The lowest BCUT2D eigenvalue weighted by molar-refractivity contribution is -0.115. The summed E-state index contributed by atoms with van der Waals surface area (Å²) in [6.45, 7) is 0. The third kappa shape index (κ3) is 3.14. The number of methoxy groups -OCH3 is 1. The van der Waals surface area contributed by atoms with Gasteiger partial charge in [-0.2, -0.15) is 5.26 Å². The van der Waals surface area contributed by atoms with Crippen molar-refractivity contribution in [3.8, 4) is 23.3 Å². The summed E-state index contributed by atoms with van der Waals surface area (Å²) in [6, 6.07) is 14.3. The molecule has 1 aromatic heterocycles. The van der Waals surface area contributed by atoms with Crippen molar-refractivity contribution in [3.05, 3.63) is 42.5 Å². The summed E-state index contributed by atoms with van der Waals surface area (Å²) in [4.78, 5) is 15.9. The number of nitriles is 1. The smallest absolute Gasteiger partial charge is 0.238 e. The zero-order chi connectivity index (χ0) is 16.2. The van der Waals surface area contributed by atoms with E-state index in [-0.39, 0.29) is 12.3 Å². The fraction of sp³-hybridized carbons (Fsp3) is 0.118. The summed E-state index contributed by atoms with van der Waals surface area (Å²) in [5, 5.41) is 11.1. The number of rotatable bonds is 4. The molecular formula is C17H13N3O3. The Labute approximate surface area is 132 Å². The highest BCUT2D eigenvalue weighted by atomic mass is 16.5. The molecule has 114 valence electrons. The number of hydrogen-bond acceptors (Lipinski definition) is 5. The number of carbonyl (C=O) groups excluding carboxylic acids is 1. The average Bonchev–Trinajstić information content (AvgIpc) is 2.98. The van der Waals surface area contributed by atoms with Crippen LogP contribution in [0.4, 0.5) is 5.69 Å². The quantitative estimate of drug-likeness (QED) is 0.798. The largest absolute Gasteiger partial charge is 0.497 e. The van der Waals surface area contributed by atoms with E-state index in [1.165, 1.54) is 0 Å². The number of aromatic nitrogens is 1. The minimum Gasteiger partial charge on any atom is -0.497 e. The molecule has 0 radical (unpaired) electrons. The van der Waals surface area contributed by atoms with E-state index in [2.05, 4.69) is 10.3 Å². The highest BCUT2D eigenvalue weighted by molar-refractivity contribution is 5.94. The van der Waals surface area contributed by atoms with E-state index in [4.69, 9.17) is 14.4 Å². The molecule has 0 spiro atoms. The van der Waals surface area contributed by atoms with Gasteiger partial charge in [-0.3, -0.25) is 4.79 Å². The van der Waals surface area contributed by atoms with Gasteiger partial charge in [0, 0.05) is 11.3 Å². The standard InChI is InChI=1S/C17H13N3O3/c1-22-13-5-2-11(3-6-13)17-20-14-10-12(4-7-15(14)23-17)19-16(21)8-9-18/h2-7,10H,8H2,1H3,(H,19,21).